The summed E-state index contributed by atoms with van der Waals surface area (Å²) in [6.07, 6.45) is 1.56. The Kier molecular flexibility index (Phi) is 4.44. The molecule has 6 heteroatoms. The second kappa shape index (κ2) is 6.76. The van der Waals surface area contributed by atoms with Gasteiger partial charge in [0.1, 0.15) is 22.3 Å². The minimum atomic E-state index is -0.314. The maximum Gasteiger partial charge on any atom is 0.166 e. The van der Waals surface area contributed by atoms with Gasteiger partial charge in [-0.25, -0.2) is 14.4 Å². The van der Waals surface area contributed by atoms with Crippen LogP contribution in [0.3, 0.4) is 0 Å². The lowest BCUT2D eigenvalue weighted by atomic mass is 9.89. The number of anilines is 1. The number of thiophene rings is 1. The van der Waals surface area contributed by atoms with Gasteiger partial charge in [-0.3, -0.25) is 4.79 Å². The van der Waals surface area contributed by atoms with E-state index in [4.69, 9.17) is 4.98 Å². The lowest BCUT2D eigenvalue weighted by Gasteiger charge is -2.32. The minimum absolute atomic E-state index is 0.0151. The highest BCUT2D eigenvalue weighted by Crippen LogP contribution is 2.34. The normalized spacial score (nSPS) is 15.6. The number of rotatable bonds is 3. The van der Waals surface area contributed by atoms with Crippen molar-refractivity contribution in [3.05, 3.63) is 52.4 Å². The predicted molar refractivity (Wildman–Crippen MR) is 103 cm³/mol. The molecule has 3 heterocycles. The van der Waals surface area contributed by atoms with Crippen molar-refractivity contribution in [3.8, 4) is 0 Å². The third kappa shape index (κ3) is 3.09. The van der Waals surface area contributed by atoms with E-state index in [9.17, 15) is 9.18 Å². The van der Waals surface area contributed by atoms with Gasteiger partial charge in [-0.2, -0.15) is 0 Å². The quantitative estimate of drug-likeness (QED) is 0.636. The van der Waals surface area contributed by atoms with Gasteiger partial charge in [-0.1, -0.05) is 0 Å². The summed E-state index contributed by atoms with van der Waals surface area (Å²) < 4.78 is 13.1. The highest BCUT2D eigenvalue weighted by molar-refractivity contribution is 7.17. The van der Waals surface area contributed by atoms with Gasteiger partial charge in [0.15, 0.2) is 5.78 Å². The molecule has 3 aromatic rings. The maximum atomic E-state index is 13.1. The van der Waals surface area contributed by atoms with Crippen LogP contribution in [0, 0.1) is 25.6 Å². The molecule has 4 nitrogen and oxygen atoms in total. The van der Waals surface area contributed by atoms with Gasteiger partial charge >= 0.3 is 0 Å². The standard InChI is InChI=1S/C20H20FN3OS/c1-12-11-26-20-17(12)19(22-13(2)23-20)24-9-7-15(8-10-24)18(25)14-3-5-16(21)6-4-14/h3-6,11,15H,7-10H2,1-2H3. The van der Waals surface area contributed by atoms with E-state index < -0.39 is 0 Å². The van der Waals surface area contributed by atoms with E-state index in [1.165, 1.54) is 17.7 Å². The van der Waals surface area contributed by atoms with Crippen molar-refractivity contribution >= 4 is 33.2 Å². The van der Waals surface area contributed by atoms with E-state index in [0.717, 1.165) is 47.8 Å². The smallest absolute Gasteiger partial charge is 0.166 e. The summed E-state index contributed by atoms with van der Waals surface area (Å²) in [5, 5.41) is 3.25. The van der Waals surface area contributed by atoms with Gasteiger partial charge in [-0.15, -0.1) is 11.3 Å². The molecule has 0 unspecified atom stereocenters. The van der Waals surface area contributed by atoms with E-state index in [2.05, 4.69) is 22.2 Å². The number of halogens is 1. The average molecular weight is 369 g/mol. The van der Waals surface area contributed by atoms with Crippen LogP contribution in [0.1, 0.15) is 34.6 Å². The Morgan fingerprint density at radius 2 is 1.85 bits per heavy atom. The molecule has 1 aromatic carbocycles. The first kappa shape index (κ1) is 17.1. The molecule has 0 N–H and O–H groups in total. The van der Waals surface area contributed by atoms with Crippen molar-refractivity contribution in [2.75, 3.05) is 18.0 Å². The summed E-state index contributed by atoms with van der Waals surface area (Å²) in [4.78, 5) is 25.2. The molecular formula is C20H20FN3OS. The second-order valence-corrected chi connectivity index (χ2v) is 7.68. The summed E-state index contributed by atoms with van der Waals surface area (Å²) >= 11 is 1.65. The molecule has 1 aliphatic rings. The van der Waals surface area contributed by atoms with Gasteiger partial charge in [0.05, 0.1) is 5.39 Å². The fourth-order valence-corrected chi connectivity index (χ4v) is 4.56. The summed E-state index contributed by atoms with van der Waals surface area (Å²) in [6, 6.07) is 5.86. The summed E-state index contributed by atoms with van der Waals surface area (Å²) in [5.74, 6) is 1.54. The fraction of sp³-hybridized carbons (Fsp3) is 0.350. The van der Waals surface area contributed by atoms with Gasteiger partial charge in [0, 0.05) is 24.6 Å². The highest BCUT2D eigenvalue weighted by Gasteiger charge is 2.28. The van der Waals surface area contributed by atoms with Crippen LogP contribution in [0.5, 0.6) is 0 Å². The van der Waals surface area contributed by atoms with E-state index >= 15 is 0 Å². The number of carbonyl (C=O) groups is 1. The van der Waals surface area contributed by atoms with Crippen LogP contribution in [0.4, 0.5) is 10.2 Å². The molecular weight excluding hydrogens is 349 g/mol. The van der Waals surface area contributed by atoms with Gasteiger partial charge in [0.2, 0.25) is 0 Å². The van der Waals surface area contributed by atoms with Crippen molar-refractivity contribution in [1.82, 2.24) is 9.97 Å². The Morgan fingerprint density at radius 1 is 1.15 bits per heavy atom. The Balaban J connectivity index is 1.53. The number of nitrogens with zero attached hydrogens (tertiary/aromatic N) is 3. The number of hydrogen-bond donors (Lipinski definition) is 0. The molecule has 0 bridgehead atoms. The summed E-state index contributed by atoms with van der Waals surface area (Å²) in [7, 11) is 0. The van der Waals surface area contributed by atoms with Gasteiger partial charge in [0.25, 0.3) is 0 Å². The van der Waals surface area contributed by atoms with E-state index in [-0.39, 0.29) is 17.5 Å². The number of aryl methyl sites for hydroxylation is 2. The Bertz CT molecular complexity index is 959. The molecule has 2 aromatic heterocycles. The molecule has 1 saturated heterocycles. The van der Waals surface area contributed by atoms with Gasteiger partial charge in [-0.05, 0) is 61.9 Å². The number of benzene rings is 1. The van der Waals surface area contributed by atoms with Crippen LogP contribution in [0.15, 0.2) is 29.6 Å². The molecule has 0 atom stereocenters. The second-order valence-electron chi connectivity index (χ2n) is 6.83. The third-order valence-electron chi connectivity index (χ3n) is 5.00. The molecule has 1 fully saturated rings. The first-order valence-corrected chi connectivity index (χ1v) is 9.68. The van der Waals surface area contributed by atoms with Crippen LogP contribution >= 0.6 is 11.3 Å². The SMILES string of the molecule is Cc1nc(N2CCC(C(=O)c3ccc(F)cc3)CC2)c2c(C)csc2n1. The number of fused-ring (bicyclic) bond motifs is 1. The van der Waals surface area contributed by atoms with Crippen LogP contribution in [-0.4, -0.2) is 28.8 Å². The minimum Gasteiger partial charge on any atom is -0.356 e. The number of aromatic nitrogens is 2. The number of piperidine rings is 1. The zero-order chi connectivity index (χ0) is 18.3. The highest BCUT2D eigenvalue weighted by atomic mass is 32.1. The molecule has 0 aliphatic carbocycles. The number of hydrogen-bond acceptors (Lipinski definition) is 5. The lowest BCUT2D eigenvalue weighted by Crippen LogP contribution is -2.37. The van der Waals surface area contributed by atoms with Crippen LogP contribution < -0.4 is 4.90 Å². The number of carbonyl (C=O) groups excluding carboxylic acids is 1. The Hall–Kier alpha value is -2.34. The molecule has 26 heavy (non-hydrogen) atoms. The van der Waals surface area contributed by atoms with Crippen molar-refractivity contribution in [3.63, 3.8) is 0 Å². The molecule has 0 saturated carbocycles. The first-order chi connectivity index (χ1) is 12.5. The molecule has 0 radical (unpaired) electrons. The Morgan fingerprint density at radius 3 is 2.54 bits per heavy atom. The van der Waals surface area contributed by atoms with Crippen molar-refractivity contribution < 1.29 is 9.18 Å². The van der Waals surface area contributed by atoms with Crippen LogP contribution in [0.2, 0.25) is 0 Å². The summed E-state index contributed by atoms with van der Waals surface area (Å²) in [6.45, 7) is 5.59. The van der Waals surface area contributed by atoms with Crippen LogP contribution in [0.25, 0.3) is 10.2 Å². The van der Waals surface area contributed by atoms with E-state index in [1.807, 2.05) is 6.92 Å². The molecule has 0 spiro atoms. The largest absolute Gasteiger partial charge is 0.356 e. The van der Waals surface area contributed by atoms with E-state index in [0.29, 0.717) is 5.56 Å². The zero-order valence-corrected chi connectivity index (χ0v) is 15.6. The molecule has 134 valence electrons. The zero-order valence-electron chi connectivity index (χ0n) is 14.8. The maximum absolute atomic E-state index is 13.1. The fourth-order valence-electron chi connectivity index (χ4n) is 3.60. The van der Waals surface area contributed by atoms with Crippen molar-refractivity contribution in [2.24, 2.45) is 5.92 Å². The van der Waals surface area contributed by atoms with Crippen LogP contribution in [-0.2, 0) is 0 Å². The first-order valence-electron chi connectivity index (χ1n) is 8.80. The Labute approximate surface area is 155 Å². The molecule has 0 amide bonds. The lowest BCUT2D eigenvalue weighted by molar-refractivity contribution is 0.0900. The monoisotopic (exact) mass is 369 g/mol. The molecule has 1 aliphatic heterocycles. The van der Waals surface area contributed by atoms with Crippen molar-refractivity contribution in [2.45, 2.75) is 26.7 Å². The topological polar surface area (TPSA) is 46.1 Å². The molecule has 4 rings (SSSR count). The number of ketones is 1. The average Bonchev–Trinajstić information content (AvgIpc) is 3.02. The third-order valence-corrected chi connectivity index (χ3v) is 5.99. The predicted octanol–water partition coefficient (Wildman–Crippen LogP) is 4.55. The number of Topliss-reactive ketones (excluding diaryl/α,β-unsaturated/α-hetero) is 1. The summed E-state index contributed by atoms with van der Waals surface area (Å²) in [5.41, 5.74) is 1.79. The van der Waals surface area contributed by atoms with Gasteiger partial charge < -0.3 is 4.90 Å². The van der Waals surface area contributed by atoms with Crippen molar-refractivity contribution in [1.29, 1.82) is 0 Å². The van der Waals surface area contributed by atoms with E-state index in [1.54, 1.807) is 23.5 Å².